The summed E-state index contributed by atoms with van der Waals surface area (Å²) in [6.07, 6.45) is 2.68. The minimum absolute atomic E-state index is 0.225. The molecule has 0 saturated carbocycles. The van der Waals surface area contributed by atoms with Crippen LogP contribution in [0.5, 0.6) is 5.75 Å². The van der Waals surface area contributed by atoms with Gasteiger partial charge in [-0.2, -0.15) is 5.10 Å². The number of hydrogen-bond acceptors (Lipinski definition) is 5. The summed E-state index contributed by atoms with van der Waals surface area (Å²) in [5.41, 5.74) is 3.71. The molecular formula is C12H17ClN4OS. The Hall–Kier alpha value is -1.08. The number of halogens is 1. The highest BCUT2D eigenvalue weighted by molar-refractivity contribution is 7.10. The van der Waals surface area contributed by atoms with Crippen molar-refractivity contribution in [1.29, 1.82) is 0 Å². The highest BCUT2D eigenvalue weighted by Gasteiger charge is 2.25. The van der Waals surface area contributed by atoms with E-state index in [-0.39, 0.29) is 6.04 Å². The molecule has 1 unspecified atom stereocenters. The number of thiophene rings is 1. The normalized spacial score (nSPS) is 12.6. The fourth-order valence-corrected chi connectivity index (χ4v) is 3.23. The lowest BCUT2D eigenvalue weighted by Gasteiger charge is -2.18. The maximum absolute atomic E-state index is 6.20. The van der Waals surface area contributed by atoms with Crippen LogP contribution in [0, 0.1) is 0 Å². The second-order valence-electron chi connectivity index (χ2n) is 4.05. The van der Waals surface area contributed by atoms with E-state index in [0.717, 1.165) is 23.5 Å². The van der Waals surface area contributed by atoms with Crippen molar-refractivity contribution in [3.05, 3.63) is 33.2 Å². The van der Waals surface area contributed by atoms with Gasteiger partial charge in [-0.15, -0.1) is 11.3 Å². The van der Waals surface area contributed by atoms with Gasteiger partial charge >= 0.3 is 0 Å². The molecule has 2 rings (SSSR count). The quantitative estimate of drug-likeness (QED) is 0.636. The van der Waals surface area contributed by atoms with Gasteiger partial charge in [-0.25, -0.2) is 5.43 Å². The van der Waals surface area contributed by atoms with Crippen LogP contribution in [-0.2, 0) is 6.54 Å². The zero-order valence-electron chi connectivity index (χ0n) is 10.9. The second kappa shape index (κ2) is 6.38. The Morgan fingerprint density at radius 2 is 2.42 bits per heavy atom. The molecule has 0 aliphatic rings. The zero-order chi connectivity index (χ0) is 13.8. The van der Waals surface area contributed by atoms with Gasteiger partial charge in [0.1, 0.15) is 11.7 Å². The maximum Gasteiger partial charge on any atom is 0.162 e. The first kappa shape index (κ1) is 14.3. The lowest BCUT2D eigenvalue weighted by molar-refractivity contribution is 0.399. The van der Waals surface area contributed by atoms with Crippen molar-refractivity contribution in [2.45, 2.75) is 25.9 Å². The summed E-state index contributed by atoms with van der Waals surface area (Å²) in [5, 5.41) is 6.98. The Labute approximate surface area is 121 Å². The number of ether oxygens (including phenoxy) is 1. The summed E-state index contributed by atoms with van der Waals surface area (Å²) < 4.78 is 7.28. The number of aromatic nitrogens is 2. The van der Waals surface area contributed by atoms with Gasteiger partial charge in [0.05, 0.1) is 18.3 Å². The first-order valence-corrected chi connectivity index (χ1v) is 7.27. The van der Waals surface area contributed by atoms with E-state index in [0.29, 0.717) is 10.8 Å². The van der Waals surface area contributed by atoms with Crippen molar-refractivity contribution >= 4 is 22.9 Å². The van der Waals surface area contributed by atoms with Crippen molar-refractivity contribution in [2.24, 2.45) is 5.84 Å². The van der Waals surface area contributed by atoms with Crippen molar-refractivity contribution in [1.82, 2.24) is 15.2 Å². The first-order valence-electron chi connectivity index (χ1n) is 6.01. The number of hydrogen-bond donors (Lipinski definition) is 2. The number of nitrogens with one attached hydrogen (secondary N) is 1. The average Bonchev–Trinajstić information content (AvgIpc) is 3.00. The average molecular weight is 301 g/mol. The second-order valence-corrected chi connectivity index (χ2v) is 5.41. The lowest BCUT2D eigenvalue weighted by Crippen LogP contribution is -2.30. The molecule has 2 aromatic heterocycles. The zero-order valence-corrected chi connectivity index (χ0v) is 12.5. The van der Waals surface area contributed by atoms with Gasteiger partial charge in [0, 0.05) is 11.4 Å². The van der Waals surface area contributed by atoms with Crippen LogP contribution in [0.25, 0.3) is 0 Å². The molecule has 1 atom stereocenters. The van der Waals surface area contributed by atoms with E-state index >= 15 is 0 Å². The van der Waals surface area contributed by atoms with Crippen LogP contribution >= 0.6 is 22.9 Å². The van der Waals surface area contributed by atoms with Gasteiger partial charge < -0.3 is 4.74 Å². The fourth-order valence-electron chi connectivity index (χ4n) is 2.01. The Bertz CT molecular complexity index is 540. The van der Waals surface area contributed by atoms with Crippen molar-refractivity contribution in [2.75, 3.05) is 7.11 Å². The third-order valence-corrected chi connectivity index (χ3v) is 4.27. The molecule has 5 nitrogen and oxygen atoms in total. The van der Waals surface area contributed by atoms with Crippen LogP contribution in [0.3, 0.4) is 0 Å². The standard InChI is InChI=1S/C12H17ClN4OS/c1-3-5-17-11(9(18-2)7-15-17)10(16-14)12-8(13)4-6-19-12/h4,6-7,10,16H,3,5,14H2,1-2H3. The molecule has 0 fully saturated rings. The molecule has 2 aromatic rings. The molecule has 104 valence electrons. The monoisotopic (exact) mass is 300 g/mol. The summed E-state index contributed by atoms with van der Waals surface area (Å²) in [6, 6.07) is 1.63. The minimum Gasteiger partial charge on any atom is -0.493 e. The molecule has 2 heterocycles. The molecule has 0 bridgehead atoms. The predicted octanol–water partition coefficient (Wildman–Crippen LogP) is 2.57. The molecule has 0 aromatic carbocycles. The van der Waals surface area contributed by atoms with Gasteiger partial charge in [-0.3, -0.25) is 10.5 Å². The molecule has 19 heavy (non-hydrogen) atoms. The van der Waals surface area contributed by atoms with Crippen LogP contribution in [0.15, 0.2) is 17.6 Å². The van der Waals surface area contributed by atoms with Crippen LogP contribution in [0.2, 0.25) is 5.02 Å². The van der Waals surface area contributed by atoms with Gasteiger partial charge in [-0.1, -0.05) is 18.5 Å². The van der Waals surface area contributed by atoms with E-state index in [2.05, 4.69) is 17.4 Å². The molecule has 0 aliphatic heterocycles. The number of nitrogens with zero attached hydrogens (tertiary/aromatic N) is 2. The summed E-state index contributed by atoms with van der Waals surface area (Å²) in [4.78, 5) is 0.959. The van der Waals surface area contributed by atoms with E-state index in [1.807, 2.05) is 16.1 Å². The van der Waals surface area contributed by atoms with Crippen molar-refractivity contribution in [3.63, 3.8) is 0 Å². The Morgan fingerprint density at radius 1 is 1.63 bits per heavy atom. The molecule has 0 aliphatic carbocycles. The number of aryl methyl sites for hydroxylation is 1. The number of hydrazine groups is 1. The summed E-state index contributed by atoms with van der Waals surface area (Å²) in [5.74, 6) is 6.42. The Morgan fingerprint density at radius 3 is 2.95 bits per heavy atom. The van der Waals surface area contributed by atoms with E-state index in [1.54, 1.807) is 24.6 Å². The van der Waals surface area contributed by atoms with Gasteiger partial charge in [0.15, 0.2) is 5.75 Å². The number of rotatable bonds is 6. The van der Waals surface area contributed by atoms with Crippen LogP contribution in [0.1, 0.15) is 30.0 Å². The van der Waals surface area contributed by atoms with E-state index < -0.39 is 0 Å². The molecule has 7 heteroatoms. The van der Waals surface area contributed by atoms with Gasteiger partial charge in [-0.05, 0) is 17.9 Å². The first-order chi connectivity index (χ1) is 9.22. The molecule has 3 N–H and O–H groups in total. The van der Waals surface area contributed by atoms with E-state index in [9.17, 15) is 0 Å². The van der Waals surface area contributed by atoms with Gasteiger partial charge in [0.25, 0.3) is 0 Å². The van der Waals surface area contributed by atoms with E-state index in [1.165, 1.54) is 0 Å². The fraction of sp³-hybridized carbons (Fsp3) is 0.417. The highest BCUT2D eigenvalue weighted by atomic mass is 35.5. The third-order valence-electron chi connectivity index (χ3n) is 2.85. The summed E-state index contributed by atoms with van der Waals surface area (Å²) >= 11 is 7.75. The minimum atomic E-state index is -0.225. The maximum atomic E-state index is 6.20. The smallest absolute Gasteiger partial charge is 0.162 e. The van der Waals surface area contributed by atoms with Crippen LogP contribution < -0.4 is 16.0 Å². The number of methoxy groups -OCH3 is 1. The third kappa shape index (κ3) is 2.76. The van der Waals surface area contributed by atoms with Crippen LogP contribution in [-0.4, -0.2) is 16.9 Å². The molecule has 0 spiro atoms. The lowest BCUT2D eigenvalue weighted by atomic mass is 10.1. The SMILES string of the molecule is CCCn1ncc(OC)c1C(NN)c1sccc1Cl. The molecule has 0 saturated heterocycles. The predicted molar refractivity (Wildman–Crippen MR) is 77.6 cm³/mol. The largest absolute Gasteiger partial charge is 0.493 e. The van der Waals surface area contributed by atoms with Crippen molar-refractivity contribution < 1.29 is 4.74 Å². The van der Waals surface area contributed by atoms with E-state index in [4.69, 9.17) is 22.2 Å². The Kier molecular flexibility index (Phi) is 4.81. The molecule has 0 radical (unpaired) electrons. The van der Waals surface area contributed by atoms with Crippen molar-refractivity contribution in [3.8, 4) is 5.75 Å². The molecular weight excluding hydrogens is 284 g/mol. The topological polar surface area (TPSA) is 65.1 Å². The molecule has 0 amide bonds. The van der Waals surface area contributed by atoms with Gasteiger partial charge in [0.2, 0.25) is 0 Å². The summed E-state index contributed by atoms with van der Waals surface area (Å²) in [7, 11) is 1.63. The Balaban J connectivity index is 2.48. The highest BCUT2D eigenvalue weighted by Crippen LogP contribution is 2.36. The number of nitrogens with two attached hydrogens (primary N) is 1. The summed E-state index contributed by atoms with van der Waals surface area (Å²) in [6.45, 7) is 2.90. The van der Waals surface area contributed by atoms with Crippen LogP contribution in [0.4, 0.5) is 0 Å².